The van der Waals surface area contributed by atoms with Crippen molar-refractivity contribution in [1.29, 1.82) is 0 Å². The van der Waals surface area contributed by atoms with Crippen LogP contribution in [0.2, 0.25) is 5.02 Å². The van der Waals surface area contributed by atoms with Gasteiger partial charge in [-0.3, -0.25) is 4.90 Å². The van der Waals surface area contributed by atoms with Crippen molar-refractivity contribution < 1.29 is 29.5 Å². The normalized spacial score (nSPS) is 55.8. The molecule has 1 aromatic carbocycles. The molecule has 2 amide bonds. The molecule has 26 heavy (non-hydrogen) atoms. The molecule has 3 N–H and O–H groups in total. The summed E-state index contributed by atoms with van der Waals surface area (Å²) in [5.41, 5.74) is 4.89. The number of carbonyl (C=O) groups is 1. The van der Waals surface area contributed by atoms with Crippen LogP contribution in [-0.4, -0.2) is 49.5 Å². The summed E-state index contributed by atoms with van der Waals surface area (Å²) >= 11 is 6.29. The first-order valence-electron chi connectivity index (χ1n) is 16.7. The quantitative estimate of drug-likeness (QED) is 0.801. The van der Waals surface area contributed by atoms with Crippen molar-refractivity contribution in [3.63, 3.8) is 0 Å². The molecule has 1 aliphatic carbocycles. The van der Waals surface area contributed by atoms with E-state index in [1.54, 1.807) is 0 Å². The lowest BCUT2D eigenvalue weighted by Gasteiger charge is -2.37. The average molecular weight is 397 g/mol. The van der Waals surface area contributed by atoms with Gasteiger partial charge in [0.2, 0.25) is 0 Å². The van der Waals surface area contributed by atoms with Gasteiger partial charge in [-0.1, -0.05) is 23.7 Å². The number of benzene rings is 1. The van der Waals surface area contributed by atoms with Crippen LogP contribution in [0.4, 0.5) is 10.5 Å². The van der Waals surface area contributed by atoms with E-state index in [1.807, 2.05) is 0 Å². The molecular weight excluding hydrogens is 348 g/mol. The number of amides is 2. The van der Waals surface area contributed by atoms with Crippen LogP contribution >= 0.6 is 11.6 Å². The third kappa shape index (κ3) is 5.04. The zero-order chi connectivity index (χ0) is 34.7. The van der Waals surface area contributed by atoms with E-state index in [1.165, 1.54) is 24.4 Å². The van der Waals surface area contributed by atoms with Gasteiger partial charge in [0.05, 0.1) is 17.6 Å². The summed E-state index contributed by atoms with van der Waals surface area (Å²) in [5.74, 6) is -3.63. The molecular formula is C20H31ClN4O. The van der Waals surface area contributed by atoms with Crippen LogP contribution in [0.1, 0.15) is 62.1 Å². The molecule has 1 aromatic rings. The topological polar surface area (TPSA) is 61.6 Å². The molecule has 0 bridgehead atoms. The lowest BCUT2D eigenvalue weighted by molar-refractivity contribution is 0.207. The zero-order valence-electron chi connectivity index (χ0n) is 31.9. The number of nitrogens with one attached hydrogen (secondary N) is 1. The fraction of sp³-hybridized carbons (Fsp3) is 0.650. The zero-order valence-corrected chi connectivity index (χ0v) is 14.7. The molecule has 0 spiro atoms. The molecule has 0 unspecified atom stereocenters. The molecule has 144 valence electrons. The van der Waals surface area contributed by atoms with Crippen molar-refractivity contribution in [2.45, 2.75) is 44.9 Å². The number of piperazine rings is 1. The second kappa shape index (κ2) is 8.96. The number of halogens is 1. The Labute approximate surface area is 187 Å². The van der Waals surface area contributed by atoms with Crippen molar-refractivity contribution in [1.82, 2.24) is 10.2 Å². The molecule has 5 nitrogen and oxygen atoms in total. The van der Waals surface area contributed by atoms with Crippen molar-refractivity contribution in [3.8, 4) is 0 Å². The Kier molecular flexibility index (Phi) is 2.36. The van der Waals surface area contributed by atoms with Crippen LogP contribution in [0.5, 0.6) is 0 Å². The SMILES string of the molecule is [2H]C1([2H])N(CC[C@]2([2H])C([2H])([2H])C([2H])([2H])[C@@]([2H])(NC(N)=O)C([2H])([2H])C2([2H])[2H])C([2H])([2H])C([2H])([2H])N(c2cccc(C)c2Cl)C1([2H])[2H]. The molecule has 0 aromatic heterocycles. The highest BCUT2D eigenvalue weighted by Gasteiger charge is 2.24. The fourth-order valence-electron chi connectivity index (χ4n) is 2.19. The number of anilines is 1. The van der Waals surface area contributed by atoms with E-state index >= 15 is 0 Å². The highest BCUT2D eigenvalue weighted by molar-refractivity contribution is 6.34. The average Bonchev–Trinajstić information content (AvgIpc) is 2.83. The van der Waals surface area contributed by atoms with E-state index in [9.17, 15) is 4.79 Å². The van der Waals surface area contributed by atoms with Gasteiger partial charge in [0.25, 0.3) is 0 Å². The number of hydrogen-bond donors (Lipinski definition) is 2. The predicted molar refractivity (Wildman–Crippen MR) is 108 cm³/mol. The lowest BCUT2D eigenvalue weighted by atomic mass is 9.84. The van der Waals surface area contributed by atoms with Gasteiger partial charge < -0.3 is 16.0 Å². The number of urea groups is 1. The van der Waals surface area contributed by atoms with Gasteiger partial charge in [0.1, 0.15) is 0 Å². The standard InChI is InChI=1S/C20H31ClN4O/c1-15-3-2-4-18(19(15)21)25-13-11-24(12-14-25)10-9-16-5-7-17(8-6-16)23-20(22)26/h2-4,16-17H,5-14H2,1H3,(H3,22,23,26)/t16-,17-/i5D2,6D2,7D2,8D2,11D2,12D2,13D2,14D2,16D,17D. The van der Waals surface area contributed by atoms with Gasteiger partial charge in [-0.05, 0) is 62.9 Å². The summed E-state index contributed by atoms with van der Waals surface area (Å²) in [6, 6.07) is -1.44. The number of aryl methyl sites for hydroxylation is 1. The largest absolute Gasteiger partial charge is 0.368 e. The highest BCUT2D eigenvalue weighted by Crippen LogP contribution is 2.30. The molecule has 0 radical (unpaired) electrons. The van der Waals surface area contributed by atoms with Gasteiger partial charge in [0.15, 0.2) is 0 Å². The third-order valence-corrected chi connectivity index (χ3v) is 4.01. The summed E-state index contributed by atoms with van der Waals surface area (Å²) in [6.07, 6.45) is -17.1. The molecule has 1 saturated heterocycles. The van der Waals surface area contributed by atoms with Crippen molar-refractivity contribution in [2.75, 3.05) is 37.4 Å². The highest BCUT2D eigenvalue weighted by atomic mass is 35.5. The van der Waals surface area contributed by atoms with E-state index in [2.05, 4.69) is 0 Å². The maximum absolute atomic E-state index is 11.6. The Morgan fingerprint density at radius 3 is 2.65 bits per heavy atom. The number of hydrogen-bond acceptors (Lipinski definition) is 3. The summed E-state index contributed by atoms with van der Waals surface area (Å²) in [7, 11) is 0. The minimum Gasteiger partial charge on any atom is -0.368 e. The van der Waals surface area contributed by atoms with E-state index in [-0.39, 0.29) is 14.8 Å². The Morgan fingerprint density at radius 2 is 2.00 bits per heavy atom. The smallest absolute Gasteiger partial charge is 0.312 e. The van der Waals surface area contributed by atoms with Gasteiger partial charge in [0, 0.05) is 49.8 Å². The second-order valence-electron chi connectivity index (χ2n) is 5.44. The molecule has 2 fully saturated rings. The monoisotopic (exact) mass is 396 g/mol. The Morgan fingerprint density at radius 1 is 1.31 bits per heavy atom. The van der Waals surface area contributed by atoms with E-state index in [0.29, 0.717) is 5.56 Å². The van der Waals surface area contributed by atoms with Crippen LogP contribution in [0.3, 0.4) is 0 Å². The van der Waals surface area contributed by atoms with Crippen molar-refractivity contribution in [2.24, 2.45) is 11.6 Å². The first-order valence-corrected chi connectivity index (χ1v) is 8.09. The number of carbonyl (C=O) groups excluding carboxylic acids is 1. The van der Waals surface area contributed by atoms with Gasteiger partial charge in [-0.15, -0.1) is 0 Å². The van der Waals surface area contributed by atoms with Crippen LogP contribution in [0.25, 0.3) is 0 Å². The molecule has 6 heteroatoms. The molecule has 1 saturated carbocycles. The van der Waals surface area contributed by atoms with E-state index in [0.717, 1.165) is 6.07 Å². The van der Waals surface area contributed by atoms with Crippen molar-refractivity contribution >= 4 is 23.3 Å². The maximum Gasteiger partial charge on any atom is 0.312 e. The summed E-state index contributed by atoms with van der Waals surface area (Å²) in [5, 5.41) is 1.21. The molecule has 0 atom stereocenters. The van der Waals surface area contributed by atoms with Crippen LogP contribution in [0, 0.1) is 12.8 Å². The minimum absolute atomic E-state index is 0.0298. The number of rotatable bonds is 5. The molecule has 1 heterocycles. The predicted octanol–water partition coefficient (Wildman–Crippen LogP) is 3.39. The fourth-order valence-corrected chi connectivity index (χ4v) is 2.40. The van der Waals surface area contributed by atoms with E-state index < -0.39 is 88.1 Å². The Bertz CT molecular complexity index is 1280. The molecule has 1 aliphatic heterocycles. The first kappa shape index (κ1) is 6.85. The number of nitrogens with zero attached hydrogens (tertiary/aromatic N) is 2. The van der Waals surface area contributed by atoms with Crippen LogP contribution in [-0.2, 0) is 0 Å². The van der Waals surface area contributed by atoms with Crippen LogP contribution < -0.4 is 16.0 Å². The molecule has 3 rings (SSSR count). The summed E-state index contributed by atoms with van der Waals surface area (Å²) in [4.78, 5) is 11.7. The molecule has 2 aliphatic rings. The second-order valence-corrected chi connectivity index (χ2v) is 5.81. The Hall–Kier alpha value is -1.46. The third-order valence-electron chi connectivity index (χ3n) is 3.52. The van der Waals surface area contributed by atoms with Gasteiger partial charge in [-0.2, -0.15) is 0 Å². The van der Waals surface area contributed by atoms with E-state index in [4.69, 9.17) is 42.0 Å². The van der Waals surface area contributed by atoms with Gasteiger partial charge >= 0.3 is 6.03 Å². The Balaban J connectivity index is 2.20. The maximum atomic E-state index is 11.6. The van der Waals surface area contributed by atoms with Crippen LogP contribution in [0.15, 0.2) is 18.2 Å². The minimum atomic E-state index is -3.91. The first-order chi connectivity index (χ1) is 19.3. The number of nitrogens with two attached hydrogens (primary N) is 1. The van der Waals surface area contributed by atoms with Gasteiger partial charge in [-0.25, -0.2) is 4.79 Å². The summed E-state index contributed by atoms with van der Waals surface area (Å²) < 4.78 is 154. The lowest BCUT2D eigenvalue weighted by Crippen LogP contribution is -2.47. The summed E-state index contributed by atoms with van der Waals surface area (Å²) in [6.45, 7) is -13.8. The van der Waals surface area contributed by atoms with Crippen molar-refractivity contribution in [3.05, 3.63) is 28.8 Å². The number of primary amides is 1.